The topological polar surface area (TPSA) is 46.3 Å². The highest BCUT2D eigenvalue weighted by molar-refractivity contribution is 6.42. The van der Waals surface area contributed by atoms with E-state index in [0.29, 0.717) is 16.6 Å². The Kier molecular flexibility index (Phi) is 5.33. The Bertz CT molecular complexity index is 581. The van der Waals surface area contributed by atoms with Gasteiger partial charge in [0.15, 0.2) is 0 Å². The molecule has 3 atom stereocenters. The number of hydrogen-bond acceptors (Lipinski definition) is 2. The third-order valence-electron chi connectivity index (χ3n) is 4.84. The number of carbonyl (C=O) groups excluding carboxylic acids is 1. The van der Waals surface area contributed by atoms with E-state index >= 15 is 0 Å². The van der Waals surface area contributed by atoms with Gasteiger partial charge < -0.3 is 10.6 Å². The molecule has 1 heterocycles. The second-order valence-corrected chi connectivity index (χ2v) is 7.46. The number of rotatable bonds is 3. The largest absolute Gasteiger partial charge is 0.342 e. The first-order valence-electron chi connectivity index (χ1n) is 7.37. The van der Waals surface area contributed by atoms with Crippen molar-refractivity contribution in [2.45, 2.75) is 25.7 Å². The highest BCUT2D eigenvalue weighted by atomic mass is 35.5. The van der Waals surface area contributed by atoms with Gasteiger partial charge >= 0.3 is 0 Å². The van der Waals surface area contributed by atoms with Crippen LogP contribution in [0.25, 0.3) is 0 Å². The number of nitrogens with zero attached hydrogens (tertiary/aromatic N) is 1. The fraction of sp³-hybridized carbons (Fsp3) is 0.562. The molecule has 0 aromatic heterocycles. The molecule has 3 unspecified atom stereocenters. The van der Waals surface area contributed by atoms with E-state index in [2.05, 4.69) is 6.92 Å². The van der Waals surface area contributed by atoms with Gasteiger partial charge in [0.1, 0.15) is 0 Å². The Morgan fingerprint density at radius 2 is 2.14 bits per heavy atom. The van der Waals surface area contributed by atoms with Crippen molar-refractivity contribution < 1.29 is 4.79 Å². The fourth-order valence-corrected chi connectivity index (χ4v) is 3.50. The first-order valence-corrected chi connectivity index (χ1v) is 8.13. The third-order valence-corrected chi connectivity index (χ3v) is 5.58. The molecule has 1 saturated heterocycles. The zero-order valence-corrected chi connectivity index (χ0v) is 14.8. The molecule has 6 heteroatoms. The van der Waals surface area contributed by atoms with Gasteiger partial charge in [-0.3, -0.25) is 4.79 Å². The predicted molar refractivity (Wildman–Crippen MR) is 92.9 cm³/mol. The van der Waals surface area contributed by atoms with Crippen molar-refractivity contribution in [1.29, 1.82) is 0 Å². The molecule has 0 bridgehead atoms. The summed E-state index contributed by atoms with van der Waals surface area (Å²) in [5.74, 6) is 0.655. The molecule has 1 aromatic rings. The summed E-state index contributed by atoms with van der Waals surface area (Å²) in [6.07, 6.45) is 1.91. The maximum atomic E-state index is 12.6. The highest BCUT2D eigenvalue weighted by Gasteiger charge is 2.48. The van der Waals surface area contributed by atoms with Gasteiger partial charge in [-0.05, 0) is 48.4 Å². The number of halogens is 3. The summed E-state index contributed by atoms with van der Waals surface area (Å²) in [7, 11) is 0. The van der Waals surface area contributed by atoms with E-state index in [4.69, 9.17) is 28.9 Å². The molecule has 1 saturated carbocycles. The second-order valence-electron chi connectivity index (χ2n) is 6.65. The van der Waals surface area contributed by atoms with Gasteiger partial charge in [-0.1, -0.05) is 36.2 Å². The summed E-state index contributed by atoms with van der Waals surface area (Å²) >= 11 is 12.0. The van der Waals surface area contributed by atoms with Crippen LogP contribution in [0.15, 0.2) is 18.2 Å². The molecule has 22 heavy (non-hydrogen) atoms. The van der Waals surface area contributed by atoms with Crippen LogP contribution in [-0.2, 0) is 4.79 Å². The van der Waals surface area contributed by atoms with Gasteiger partial charge in [-0.2, -0.15) is 0 Å². The van der Waals surface area contributed by atoms with Gasteiger partial charge in [0, 0.05) is 19.0 Å². The van der Waals surface area contributed by atoms with Crippen LogP contribution in [0.2, 0.25) is 10.0 Å². The van der Waals surface area contributed by atoms with Gasteiger partial charge in [0.25, 0.3) is 0 Å². The summed E-state index contributed by atoms with van der Waals surface area (Å²) in [6.45, 7) is 4.41. The standard InChI is InChI=1S/C16H20Cl2N2O.ClH/c1-16(8-19)4-5-20(9-16)15(21)12-7-11(12)10-2-3-13(17)14(18)6-10;/h2-3,6,11-12H,4-5,7-9,19H2,1H3;1H. The summed E-state index contributed by atoms with van der Waals surface area (Å²) in [4.78, 5) is 14.6. The minimum Gasteiger partial charge on any atom is -0.342 e. The molecule has 3 rings (SSSR count). The molecule has 3 nitrogen and oxygen atoms in total. The lowest BCUT2D eigenvalue weighted by atomic mass is 9.90. The van der Waals surface area contributed by atoms with Crippen LogP contribution in [0.4, 0.5) is 0 Å². The van der Waals surface area contributed by atoms with Crippen molar-refractivity contribution in [3.63, 3.8) is 0 Å². The van der Waals surface area contributed by atoms with Crippen molar-refractivity contribution >= 4 is 41.5 Å². The molecular formula is C16H21Cl3N2O. The molecule has 2 fully saturated rings. The number of benzene rings is 1. The van der Waals surface area contributed by atoms with Crippen LogP contribution in [0.3, 0.4) is 0 Å². The van der Waals surface area contributed by atoms with Crippen LogP contribution in [0, 0.1) is 11.3 Å². The zero-order chi connectivity index (χ0) is 15.2. The molecule has 1 amide bonds. The van der Waals surface area contributed by atoms with Crippen LogP contribution in [0.1, 0.15) is 31.2 Å². The fourth-order valence-electron chi connectivity index (χ4n) is 3.19. The number of carbonyl (C=O) groups is 1. The number of likely N-dealkylation sites (tertiary alicyclic amines) is 1. The lowest BCUT2D eigenvalue weighted by Crippen LogP contribution is -2.35. The molecule has 0 radical (unpaired) electrons. The Morgan fingerprint density at radius 3 is 2.73 bits per heavy atom. The molecule has 0 spiro atoms. The third kappa shape index (κ3) is 3.38. The predicted octanol–water partition coefficient (Wildman–Crippen LogP) is 3.72. The van der Waals surface area contributed by atoms with Crippen molar-refractivity contribution in [3.8, 4) is 0 Å². The monoisotopic (exact) mass is 362 g/mol. The van der Waals surface area contributed by atoms with Gasteiger partial charge in [-0.15, -0.1) is 12.4 Å². The van der Waals surface area contributed by atoms with Crippen molar-refractivity contribution in [1.82, 2.24) is 4.90 Å². The minimum absolute atomic E-state index is 0. The highest BCUT2D eigenvalue weighted by Crippen LogP contribution is 2.50. The molecule has 1 aliphatic heterocycles. The molecule has 2 aliphatic rings. The molecule has 122 valence electrons. The number of amides is 1. The molecule has 2 N–H and O–H groups in total. The molecular weight excluding hydrogens is 343 g/mol. The smallest absolute Gasteiger partial charge is 0.226 e. The lowest BCUT2D eigenvalue weighted by Gasteiger charge is -2.22. The van der Waals surface area contributed by atoms with E-state index in [1.165, 1.54) is 0 Å². The van der Waals surface area contributed by atoms with Gasteiger partial charge in [-0.25, -0.2) is 0 Å². The normalized spacial score (nSPS) is 30.1. The van der Waals surface area contributed by atoms with Crippen molar-refractivity contribution in [2.75, 3.05) is 19.6 Å². The van der Waals surface area contributed by atoms with E-state index in [1.54, 1.807) is 6.07 Å². The van der Waals surface area contributed by atoms with E-state index in [1.807, 2.05) is 17.0 Å². The van der Waals surface area contributed by atoms with E-state index in [0.717, 1.165) is 31.5 Å². The maximum Gasteiger partial charge on any atom is 0.226 e. The van der Waals surface area contributed by atoms with Crippen LogP contribution >= 0.6 is 35.6 Å². The van der Waals surface area contributed by atoms with Crippen molar-refractivity contribution in [3.05, 3.63) is 33.8 Å². The van der Waals surface area contributed by atoms with E-state index < -0.39 is 0 Å². The summed E-state index contributed by atoms with van der Waals surface area (Å²) in [5, 5.41) is 1.12. The van der Waals surface area contributed by atoms with E-state index in [9.17, 15) is 4.79 Å². The van der Waals surface area contributed by atoms with Crippen LogP contribution in [-0.4, -0.2) is 30.4 Å². The first kappa shape index (κ1) is 17.9. The average molecular weight is 364 g/mol. The Morgan fingerprint density at radius 1 is 1.41 bits per heavy atom. The summed E-state index contributed by atoms with van der Waals surface area (Å²) in [5.41, 5.74) is 7.01. The summed E-state index contributed by atoms with van der Waals surface area (Å²) < 4.78 is 0. The lowest BCUT2D eigenvalue weighted by molar-refractivity contribution is -0.132. The second kappa shape index (κ2) is 6.56. The Hall–Kier alpha value is -0.480. The van der Waals surface area contributed by atoms with Crippen LogP contribution in [0.5, 0.6) is 0 Å². The average Bonchev–Trinajstić information content (AvgIpc) is 3.17. The minimum atomic E-state index is 0. The zero-order valence-electron chi connectivity index (χ0n) is 12.5. The Labute approximate surface area is 147 Å². The summed E-state index contributed by atoms with van der Waals surface area (Å²) in [6, 6.07) is 5.66. The van der Waals surface area contributed by atoms with Crippen LogP contribution < -0.4 is 5.73 Å². The van der Waals surface area contributed by atoms with Gasteiger partial charge in [0.2, 0.25) is 5.91 Å². The van der Waals surface area contributed by atoms with Gasteiger partial charge in [0.05, 0.1) is 10.0 Å². The number of hydrogen-bond donors (Lipinski definition) is 1. The maximum absolute atomic E-state index is 12.6. The van der Waals surface area contributed by atoms with E-state index in [-0.39, 0.29) is 35.6 Å². The Balaban J connectivity index is 0.00000176. The van der Waals surface area contributed by atoms with Crippen molar-refractivity contribution in [2.24, 2.45) is 17.1 Å². The SMILES string of the molecule is CC1(CN)CCN(C(=O)C2CC2c2ccc(Cl)c(Cl)c2)C1.Cl. The molecule has 1 aliphatic carbocycles. The quantitative estimate of drug-likeness (QED) is 0.889. The molecule has 1 aromatic carbocycles. The number of nitrogens with two attached hydrogens (primary N) is 1. The first-order chi connectivity index (χ1) is 9.93.